The van der Waals surface area contributed by atoms with Gasteiger partial charge in [0.2, 0.25) is 0 Å². The van der Waals surface area contributed by atoms with E-state index < -0.39 is 23.7 Å². The number of rotatable bonds is 3. The van der Waals surface area contributed by atoms with Gasteiger partial charge in [0.25, 0.3) is 0 Å². The van der Waals surface area contributed by atoms with Gasteiger partial charge in [-0.1, -0.05) is 39.0 Å². The van der Waals surface area contributed by atoms with Crippen molar-refractivity contribution in [3.05, 3.63) is 59.2 Å². The Hall–Kier alpha value is -3.02. The maximum absolute atomic E-state index is 12.6. The van der Waals surface area contributed by atoms with Gasteiger partial charge < -0.3 is 14.6 Å². The highest BCUT2D eigenvalue weighted by Crippen LogP contribution is 2.31. The van der Waals surface area contributed by atoms with Crippen LogP contribution in [0.25, 0.3) is 0 Å². The number of carboxylic acids is 1. The van der Waals surface area contributed by atoms with Crippen LogP contribution >= 0.6 is 0 Å². The number of benzene rings is 2. The summed E-state index contributed by atoms with van der Waals surface area (Å²) in [6, 6.07) is 12.6. The van der Waals surface area contributed by atoms with E-state index in [0.717, 1.165) is 16.9 Å². The van der Waals surface area contributed by atoms with Crippen molar-refractivity contribution in [1.29, 1.82) is 0 Å². The fourth-order valence-corrected chi connectivity index (χ4v) is 3.52. The molecule has 1 heterocycles. The smallest absolute Gasteiger partial charge is 0.411 e. The van der Waals surface area contributed by atoms with E-state index in [4.69, 9.17) is 9.47 Å². The minimum atomic E-state index is -1.05. The van der Waals surface area contributed by atoms with Crippen molar-refractivity contribution in [3.8, 4) is 11.5 Å². The summed E-state index contributed by atoms with van der Waals surface area (Å²) in [6.45, 7) is 11.9. The second-order valence-electron chi connectivity index (χ2n) is 9.97. The molecule has 1 amide bonds. The van der Waals surface area contributed by atoms with Gasteiger partial charge in [0, 0.05) is 6.42 Å². The molecule has 6 nitrogen and oxygen atoms in total. The van der Waals surface area contributed by atoms with E-state index in [-0.39, 0.29) is 18.4 Å². The molecule has 0 fully saturated rings. The van der Waals surface area contributed by atoms with E-state index in [1.54, 1.807) is 20.8 Å². The van der Waals surface area contributed by atoms with Crippen molar-refractivity contribution in [3.63, 3.8) is 0 Å². The largest absolute Gasteiger partial charge is 0.480 e. The van der Waals surface area contributed by atoms with Crippen LogP contribution in [0.2, 0.25) is 0 Å². The van der Waals surface area contributed by atoms with Crippen LogP contribution in [0.3, 0.4) is 0 Å². The average molecular weight is 426 g/mol. The second kappa shape index (κ2) is 8.25. The molecule has 0 radical (unpaired) electrons. The van der Waals surface area contributed by atoms with Crippen LogP contribution in [0.1, 0.15) is 58.2 Å². The first-order chi connectivity index (χ1) is 14.3. The highest BCUT2D eigenvalue weighted by molar-refractivity contribution is 5.81. The number of hydrogen-bond acceptors (Lipinski definition) is 4. The monoisotopic (exact) mass is 425 g/mol. The van der Waals surface area contributed by atoms with Gasteiger partial charge in [0.05, 0.1) is 6.54 Å². The predicted octanol–water partition coefficient (Wildman–Crippen LogP) is 5.52. The molecule has 166 valence electrons. The van der Waals surface area contributed by atoms with Crippen LogP contribution in [0.5, 0.6) is 11.5 Å². The summed E-state index contributed by atoms with van der Waals surface area (Å²) < 4.78 is 11.4. The highest BCUT2D eigenvalue weighted by atomic mass is 16.6. The Balaban J connectivity index is 1.82. The third-order valence-corrected chi connectivity index (χ3v) is 5.18. The topological polar surface area (TPSA) is 76.1 Å². The molecule has 1 aliphatic rings. The molecule has 6 heteroatoms. The fraction of sp³-hybridized carbons (Fsp3) is 0.440. The lowest BCUT2D eigenvalue weighted by atomic mass is 9.87. The molecule has 0 bridgehead atoms. The summed E-state index contributed by atoms with van der Waals surface area (Å²) >= 11 is 0. The Morgan fingerprint density at radius 2 is 1.55 bits per heavy atom. The maximum atomic E-state index is 12.6. The number of carbonyl (C=O) groups is 2. The Kier molecular flexibility index (Phi) is 6.03. The van der Waals surface area contributed by atoms with Crippen LogP contribution in [0.4, 0.5) is 4.79 Å². The quantitative estimate of drug-likeness (QED) is 0.700. The molecule has 1 aliphatic heterocycles. The summed E-state index contributed by atoms with van der Waals surface area (Å²) in [5.41, 5.74) is 2.33. The molecule has 31 heavy (non-hydrogen) atoms. The molecule has 3 rings (SSSR count). The minimum Gasteiger partial charge on any atom is -0.480 e. The Bertz CT molecular complexity index is 967. The number of amides is 1. The third kappa shape index (κ3) is 5.57. The number of aliphatic carboxylic acids is 1. The summed E-state index contributed by atoms with van der Waals surface area (Å²) in [5, 5.41) is 9.64. The van der Waals surface area contributed by atoms with E-state index in [9.17, 15) is 14.7 Å². The van der Waals surface area contributed by atoms with Crippen LogP contribution < -0.4 is 4.74 Å². The van der Waals surface area contributed by atoms with Crippen molar-refractivity contribution in [2.75, 3.05) is 0 Å². The number of ether oxygens (including phenoxy) is 2. The number of nitrogens with zero attached hydrogens (tertiary/aromatic N) is 1. The molecule has 0 unspecified atom stereocenters. The molecule has 2 aromatic rings. The maximum Gasteiger partial charge on any atom is 0.411 e. The van der Waals surface area contributed by atoms with Gasteiger partial charge in [0.1, 0.15) is 23.1 Å². The lowest BCUT2D eigenvalue weighted by Gasteiger charge is -2.35. The number of carboxylic acid groups (broad SMARTS) is 1. The van der Waals surface area contributed by atoms with Gasteiger partial charge in [-0.3, -0.25) is 4.90 Å². The first-order valence-corrected chi connectivity index (χ1v) is 10.5. The van der Waals surface area contributed by atoms with Crippen molar-refractivity contribution in [1.82, 2.24) is 4.90 Å². The first-order valence-electron chi connectivity index (χ1n) is 10.5. The normalized spacial score (nSPS) is 16.5. The minimum absolute atomic E-state index is 0.0656. The van der Waals surface area contributed by atoms with Crippen LogP contribution in [-0.4, -0.2) is 33.7 Å². The van der Waals surface area contributed by atoms with Gasteiger partial charge in [-0.05, 0) is 67.1 Å². The van der Waals surface area contributed by atoms with Gasteiger partial charge in [-0.2, -0.15) is 0 Å². The van der Waals surface area contributed by atoms with Crippen molar-refractivity contribution in [2.24, 2.45) is 0 Å². The van der Waals surface area contributed by atoms with E-state index in [1.807, 2.05) is 30.3 Å². The number of hydrogen-bond donors (Lipinski definition) is 1. The molecule has 0 saturated carbocycles. The Labute approximate surface area is 183 Å². The molecule has 0 aliphatic carbocycles. The lowest BCUT2D eigenvalue weighted by Crippen LogP contribution is -2.50. The highest BCUT2D eigenvalue weighted by Gasteiger charge is 2.37. The molecule has 1 N–H and O–H groups in total. The van der Waals surface area contributed by atoms with Crippen molar-refractivity contribution < 1.29 is 24.2 Å². The standard InChI is InChI=1S/C25H31NO5/c1-24(2,3)18-8-11-19(12-9-18)30-20-10-7-16-14-21(22(27)28)26(15-17(16)13-20)23(29)31-25(4,5)6/h7-13,21H,14-15H2,1-6H3,(H,27,28)/t21-/m0/s1. The van der Waals surface area contributed by atoms with E-state index in [2.05, 4.69) is 32.9 Å². The SMILES string of the molecule is CC(C)(C)OC(=O)N1Cc2cc(Oc3ccc(C(C)(C)C)cc3)ccc2C[C@H]1C(=O)O. The van der Waals surface area contributed by atoms with Crippen LogP contribution in [0.15, 0.2) is 42.5 Å². The molecule has 0 saturated heterocycles. The van der Waals surface area contributed by atoms with Gasteiger partial charge in [-0.25, -0.2) is 9.59 Å². The fourth-order valence-electron chi connectivity index (χ4n) is 3.52. The first kappa shape index (κ1) is 22.7. The van der Waals surface area contributed by atoms with Crippen LogP contribution in [0, 0.1) is 0 Å². The van der Waals surface area contributed by atoms with E-state index >= 15 is 0 Å². The number of carbonyl (C=O) groups excluding carboxylic acids is 1. The Morgan fingerprint density at radius 3 is 2.10 bits per heavy atom. The molecule has 1 atom stereocenters. The predicted molar refractivity (Wildman–Crippen MR) is 119 cm³/mol. The molecule has 2 aromatic carbocycles. The van der Waals surface area contributed by atoms with Crippen molar-refractivity contribution in [2.45, 2.75) is 71.6 Å². The van der Waals surface area contributed by atoms with Gasteiger partial charge >= 0.3 is 12.1 Å². The van der Waals surface area contributed by atoms with E-state index in [0.29, 0.717) is 5.75 Å². The summed E-state index contributed by atoms with van der Waals surface area (Å²) in [7, 11) is 0. The van der Waals surface area contributed by atoms with Gasteiger partial charge in [0.15, 0.2) is 0 Å². The molecular weight excluding hydrogens is 394 g/mol. The Morgan fingerprint density at radius 1 is 0.935 bits per heavy atom. The van der Waals surface area contributed by atoms with Crippen molar-refractivity contribution >= 4 is 12.1 Å². The molecule has 0 spiro atoms. The summed E-state index contributed by atoms with van der Waals surface area (Å²) in [6.07, 6.45) is -0.403. The zero-order chi connectivity index (χ0) is 23.0. The number of fused-ring (bicyclic) bond motifs is 1. The third-order valence-electron chi connectivity index (χ3n) is 5.18. The zero-order valence-electron chi connectivity index (χ0n) is 19.1. The second-order valence-corrected chi connectivity index (χ2v) is 9.97. The van der Waals surface area contributed by atoms with Crippen LogP contribution in [-0.2, 0) is 27.9 Å². The molecule has 0 aromatic heterocycles. The van der Waals surface area contributed by atoms with E-state index in [1.165, 1.54) is 10.5 Å². The molecular formula is C25H31NO5. The van der Waals surface area contributed by atoms with Gasteiger partial charge in [-0.15, -0.1) is 0 Å². The zero-order valence-corrected chi connectivity index (χ0v) is 19.1. The average Bonchev–Trinajstić information content (AvgIpc) is 2.65. The summed E-state index contributed by atoms with van der Waals surface area (Å²) in [4.78, 5) is 25.7. The summed E-state index contributed by atoms with van der Waals surface area (Å²) in [5.74, 6) is 0.312. The lowest BCUT2D eigenvalue weighted by molar-refractivity contribution is -0.143.